The highest BCUT2D eigenvalue weighted by Crippen LogP contribution is 2.52. The number of benzene rings is 1. The number of esters is 1. The van der Waals surface area contributed by atoms with Crippen molar-refractivity contribution < 1.29 is 36.2 Å². The van der Waals surface area contributed by atoms with Crippen LogP contribution in [0.15, 0.2) is 29.2 Å². The van der Waals surface area contributed by atoms with Crippen molar-refractivity contribution in [2.45, 2.75) is 36.6 Å². The Hall–Kier alpha value is -1.65. The van der Waals surface area contributed by atoms with Gasteiger partial charge in [0.2, 0.25) is 10.0 Å². The standard InChI is InChI=1S/C14H16F3NO5S/c1-3-23-12(20)11(19)13(14(15,16)17)8-18(13)24(21,22)10-6-4-9(2)5-7-10/h4-7,11,19H,3,8H2,1-2H3/t11?,13-,18?/m0/s1. The van der Waals surface area contributed by atoms with Gasteiger partial charge in [-0.3, -0.25) is 0 Å². The molecule has 1 fully saturated rings. The van der Waals surface area contributed by atoms with Crippen LogP contribution in [0.25, 0.3) is 0 Å². The van der Waals surface area contributed by atoms with Crippen molar-refractivity contribution in [3.8, 4) is 0 Å². The van der Waals surface area contributed by atoms with Gasteiger partial charge in [0.15, 0.2) is 11.6 Å². The Morgan fingerprint density at radius 2 is 1.92 bits per heavy atom. The van der Waals surface area contributed by atoms with Gasteiger partial charge < -0.3 is 9.84 Å². The van der Waals surface area contributed by atoms with Gasteiger partial charge in [-0.1, -0.05) is 17.7 Å². The quantitative estimate of drug-likeness (QED) is 0.625. The summed E-state index contributed by atoms with van der Waals surface area (Å²) < 4.78 is 69.6. The molecule has 0 radical (unpaired) electrons. The van der Waals surface area contributed by atoms with Gasteiger partial charge in [0.1, 0.15) is 0 Å². The number of ether oxygens (including phenoxy) is 1. The topological polar surface area (TPSA) is 83.7 Å². The molecule has 0 aromatic heterocycles. The molecule has 0 amide bonds. The maximum Gasteiger partial charge on any atom is 0.412 e. The molecular formula is C14H16F3NO5S. The number of sulfonamides is 1. The number of halogens is 3. The van der Waals surface area contributed by atoms with Crippen LogP contribution in [-0.4, -0.2) is 54.8 Å². The minimum atomic E-state index is -5.14. The first-order valence-electron chi connectivity index (χ1n) is 6.99. The van der Waals surface area contributed by atoms with Gasteiger partial charge in [0, 0.05) is 6.54 Å². The highest BCUT2D eigenvalue weighted by atomic mass is 32.2. The number of carbonyl (C=O) groups excluding carboxylic acids is 1. The lowest BCUT2D eigenvalue weighted by molar-refractivity contribution is -0.200. The van der Waals surface area contributed by atoms with Crippen molar-refractivity contribution in [2.75, 3.05) is 13.2 Å². The first-order valence-corrected chi connectivity index (χ1v) is 8.43. The Bertz CT molecular complexity index is 732. The first kappa shape index (κ1) is 18.7. The fraction of sp³-hybridized carbons (Fsp3) is 0.500. The molecule has 0 spiro atoms. The number of nitrogens with zero attached hydrogens (tertiary/aromatic N) is 1. The van der Waals surface area contributed by atoms with Crippen LogP contribution in [0.4, 0.5) is 13.2 Å². The van der Waals surface area contributed by atoms with E-state index in [0.29, 0.717) is 0 Å². The van der Waals surface area contributed by atoms with Crippen LogP contribution in [0.2, 0.25) is 0 Å². The molecule has 134 valence electrons. The van der Waals surface area contributed by atoms with Gasteiger partial charge in [-0.05, 0) is 26.0 Å². The third kappa shape index (κ3) is 2.89. The summed E-state index contributed by atoms with van der Waals surface area (Å²) in [7, 11) is -4.52. The summed E-state index contributed by atoms with van der Waals surface area (Å²) in [5, 5.41) is 9.80. The molecule has 10 heteroatoms. The van der Waals surface area contributed by atoms with Gasteiger partial charge in [0.25, 0.3) is 0 Å². The third-order valence-electron chi connectivity index (χ3n) is 3.79. The number of aryl methyl sites for hydroxylation is 1. The molecule has 3 atom stereocenters. The minimum Gasteiger partial charge on any atom is -0.464 e. The van der Waals surface area contributed by atoms with Crippen molar-refractivity contribution in [2.24, 2.45) is 0 Å². The van der Waals surface area contributed by atoms with E-state index in [1.165, 1.54) is 31.2 Å². The van der Waals surface area contributed by atoms with E-state index in [0.717, 1.165) is 5.56 Å². The maximum atomic E-state index is 13.4. The third-order valence-corrected chi connectivity index (χ3v) is 5.69. The second-order valence-corrected chi connectivity index (χ2v) is 7.26. The molecule has 1 N–H and O–H groups in total. The zero-order valence-corrected chi connectivity index (χ0v) is 13.7. The van der Waals surface area contributed by atoms with E-state index < -0.39 is 40.4 Å². The summed E-state index contributed by atoms with van der Waals surface area (Å²) in [6.07, 6.45) is -7.80. The predicted molar refractivity (Wildman–Crippen MR) is 76.5 cm³/mol. The van der Waals surface area contributed by atoms with Crippen molar-refractivity contribution in [3.05, 3.63) is 29.8 Å². The number of hydrogen-bond acceptors (Lipinski definition) is 5. The highest BCUT2D eigenvalue weighted by molar-refractivity contribution is 7.89. The average Bonchev–Trinajstić information content (AvgIpc) is 3.24. The lowest BCUT2D eigenvalue weighted by atomic mass is 10.0. The number of aliphatic hydroxyl groups is 1. The molecule has 1 saturated heterocycles. The first-order chi connectivity index (χ1) is 11.0. The SMILES string of the molecule is CCOC(=O)C(O)[C@]1(C(F)(F)F)CN1S(=O)(=O)c1ccc(C)cc1. The molecule has 6 nitrogen and oxygen atoms in total. The smallest absolute Gasteiger partial charge is 0.412 e. The van der Waals surface area contributed by atoms with E-state index in [1.54, 1.807) is 6.92 Å². The largest absolute Gasteiger partial charge is 0.464 e. The number of rotatable bonds is 5. The van der Waals surface area contributed by atoms with Crippen molar-refractivity contribution in [1.82, 2.24) is 4.31 Å². The van der Waals surface area contributed by atoms with Gasteiger partial charge in [-0.15, -0.1) is 0 Å². The van der Waals surface area contributed by atoms with Crippen LogP contribution in [0, 0.1) is 6.92 Å². The Balaban J connectivity index is 2.41. The second-order valence-electron chi connectivity index (χ2n) is 5.40. The Kier molecular flexibility index (Phi) is 4.68. The number of alkyl halides is 3. The number of aliphatic hydroxyl groups excluding tert-OH is 1. The molecule has 2 unspecified atom stereocenters. The molecular weight excluding hydrogens is 351 g/mol. The molecule has 0 saturated carbocycles. The summed E-state index contributed by atoms with van der Waals surface area (Å²) in [6.45, 7) is 1.76. The average molecular weight is 367 g/mol. The van der Waals surface area contributed by atoms with Crippen LogP contribution in [0.3, 0.4) is 0 Å². The Morgan fingerprint density at radius 1 is 1.38 bits per heavy atom. The van der Waals surface area contributed by atoms with Gasteiger partial charge in [0.05, 0.1) is 11.5 Å². The molecule has 1 aromatic carbocycles. The van der Waals surface area contributed by atoms with Crippen LogP contribution in [0.5, 0.6) is 0 Å². The molecule has 0 aliphatic carbocycles. The molecule has 0 bridgehead atoms. The Morgan fingerprint density at radius 3 is 2.38 bits per heavy atom. The fourth-order valence-electron chi connectivity index (χ4n) is 2.35. The molecule has 2 rings (SSSR count). The summed E-state index contributed by atoms with van der Waals surface area (Å²) >= 11 is 0. The summed E-state index contributed by atoms with van der Waals surface area (Å²) in [5.41, 5.74) is -2.48. The van der Waals surface area contributed by atoms with Crippen molar-refractivity contribution in [3.63, 3.8) is 0 Å². The Labute approximate surface area is 136 Å². The lowest BCUT2D eigenvalue weighted by Crippen LogP contribution is -2.52. The fourth-order valence-corrected chi connectivity index (χ4v) is 4.08. The van der Waals surface area contributed by atoms with Crippen LogP contribution in [0.1, 0.15) is 12.5 Å². The molecule has 1 aliphatic heterocycles. The van der Waals surface area contributed by atoms with Gasteiger partial charge in [-0.2, -0.15) is 17.5 Å². The normalized spacial score (nSPS) is 25.2. The van der Waals surface area contributed by atoms with E-state index >= 15 is 0 Å². The lowest BCUT2D eigenvalue weighted by Gasteiger charge is -2.24. The zero-order chi connectivity index (χ0) is 18.3. The monoisotopic (exact) mass is 367 g/mol. The zero-order valence-electron chi connectivity index (χ0n) is 12.9. The summed E-state index contributed by atoms with van der Waals surface area (Å²) in [4.78, 5) is 11.2. The van der Waals surface area contributed by atoms with Gasteiger partial charge in [-0.25, -0.2) is 13.2 Å². The van der Waals surface area contributed by atoms with Crippen molar-refractivity contribution in [1.29, 1.82) is 0 Å². The predicted octanol–water partition coefficient (Wildman–Crippen LogP) is 1.22. The van der Waals surface area contributed by atoms with Crippen LogP contribution in [-0.2, 0) is 19.6 Å². The molecule has 1 aromatic rings. The van der Waals surface area contributed by atoms with Crippen molar-refractivity contribution >= 4 is 16.0 Å². The van der Waals surface area contributed by atoms with E-state index in [-0.39, 0.29) is 15.8 Å². The minimum absolute atomic E-state index is 0.0756. The second kappa shape index (κ2) is 6.01. The van der Waals surface area contributed by atoms with Crippen LogP contribution >= 0.6 is 0 Å². The van der Waals surface area contributed by atoms with Crippen LogP contribution < -0.4 is 0 Å². The maximum absolute atomic E-state index is 13.4. The van der Waals surface area contributed by atoms with E-state index in [1.807, 2.05) is 0 Å². The molecule has 1 heterocycles. The highest BCUT2D eigenvalue weighted by Gasteiger charge is 2.79. The summed E-state index contributed by atoms with van der Waals surface area (Å²) in [6, 6.07) is 5.21. The van der Waals surface area contributed by atoms with E-state index in [4.69, 9.17) is 0 Å². The van der Waals surface area contributed by atoms with Gasteiger partial charge >= 0.3 is 12.1 Å². The number of hydrogen-bond donors (Lipinski definition) is 1. The van der Waals surface area contributed by atoms with E-state index in [2.05, 4.69) is 4.74 Å². The molecule has 24 heavy (non-hydrogen) atoms. The van der Waals surface area contributed by atoms with E-state index in [9.17, 15) is 31.5 Å². The molecule has 1 aliphatic rings. The number of carbonyl (C=O) groups is 1. The summed E-state index contributed by atoms with van der Waals surface area (Å²) in [5.74, 6) is -1.52.